The van der Waals surface area contributed by atoms with Crippen LogP contribution in [0.3, 0.4) is 0 Å². The molecule has 232 valence electrons. The van der Waals surface area contributed by atoms with Crippen molar-refractivity contribution in [3.8, 4) is 45.2 Å². The number of pyridine rings is 4. The van der Waals surface area contributed by atoms with Crippen molar-refractivity contribution in [2.24, 2.45) is 0 Å². The van der Waals surface area contributed by atoms with Gasteiger partial charge in [0.15, 0.2) is 0 Å². The zero-order valence-electron chi connectivity index (χ0n) is 27.0. The Labute approximate surface area is 288 Å². The van der Waals surface area contributed by atoms with Gasteiger partial charge in [-0.25, -0.2) is 19.9 Å². The Morgan fingerprint density at radius 3 is 1.68 bits per heavy atom. The summed E-state index contributed by atoms with van der Waals surface area (Å²) < 4.78 is 0. The second kappa shape index (κ2) is 11.4. The highest BCUT2D eigenvalue weighted by atomic mass is 14.8. The van der Waals surface area contributed by atoms with Crippen LogP contribution in [0.4, 0.5) is 0 Å². The summed E-state index contributed by atoms with van der Waals surface area (Å²) in [5.74, 6) is 0. The highest BCUT2D eigenvalue weighted by molar-refractivity contribution is 6.11. The second-order valence-corrected chi connectivity index (χ2v) is 12.6. The Morgan fingerprint density at radius 2 is 0.900 bits per heavy atom. The van der Waals surface area contributed by atoms with Crippen LogP contribution in [-0.2, 0) is 0 Å². The zero-order chi connectivity index (χ0) is 33.0. The Kier molecular flexibility index (Phi) is 6.46. The van der Waals surface area contributed by atoms with E-state index in [-0.39, 0.29) is 0 Å². The Bertz CT molecular complexity index is 2930. The minimum atomic E-state index is 0.842. The maximum absolute atomic E-state index is 5.29. The molecular weight excluding hydrogens is 609 g/mol. The fourth-order valence-corrected chi connectivity index (χ4v) is 7.18. The molecule has 0 aliphatic heterocycles. The average molecular weight is 637 g/mol. The van der Waals surface area contributed by atoms with E-state index in [1.165, 1.54) is 5.39 Å². The number of hydrogen-bond donors (Lipinski definition) is 0. The molecule has 0 spiro atoms. The molecule has 0 N–H and O–H groups in total. The van der Waals surface area contributed by atoms with Crippen molar-refractivity contribution in [3.05, 3.63) is 170 Å². The van der Waals surface area contributed by atoms with Crippen molar-refractivity contribution < 1.29 is 0 Å². The van der Waals surface area contributed by atoms with Gasteiger partial charge in [-0.3, -0.25) is 0 Å². The molecule has 4 heterocycles. The molecule has 0 saturated carbocycles. The van der Waals surface area contributed by atoms with Gasteiger partial charge in [-0.2, -0.15) is 0 Å². The third kappa shape index (κ3) is 4.69. The molecule has 10 aromatic rings. The zero-order valence-corrected chi connectivity index (χ0v) is 27.0. The molecule has 0 radical (unpaired) electrons. The molecule has 0 aliphatic carbocycles. The van der Waals surface area contributed by atoms with Gasteiger partial charge in [0.1, 0.15) is 0 Å². The van der Waals surface area contributed by atoms with E-state index in [0.29, 0.717) is 0 Å². The third-order valence-electron chi connectivity index (χ3n) is 9.62. The van der Waals surface area contributed by atoms with Crippen LogP contribution in [-0.4, -0.2) is 19.9 Å². The van der Waals surface area contributed by atoms with Gasteiger partial charge >= 0.3 is 0 Å². The van der Waals surface area contributed by atoms with Crippen molar-refractivity contribution in [2.75, 3.05) is 0 Å². The Balaban J connectivity index is 1.15. The van der Waals surface area contributed by atoms with Crippen LogP contribution < -0.4 is 0 Å². The SMILES string of the molecule is c1ccc(-c2ccc3ccc4ccc(-c5cc(-c6cccc(-c7nc8ccccc8c8ccccc78)n6)c6ccccc6c5)nc4c3n2)cc1. The standard InChI is InChI=1S/C46H28N4/c1-2-11-29(12-3-1)39-25-23-30-21-22-31-24-26-40(49-45(31)44(30)48-39)33-27-32-13-4-5-14-34(32)38(28-33)42-19-10-20-43(47-42)46-37-17-7-6-15-35(37)36-16-8-9-18-41(36)50-46/h1-28H. The lowest BCUT2D eigenvalue weighted by molar-refractivity contribution is 1.29. The lowest BCUT2D eigenvalue weighted by Crippen LogP contribution is -1.95. The van der Waals surface area contributed by atoms with Crippen LogP contribution in [0.1, 0.15) is 0 Å². The molecule has 0 aliphatic rings. The maximum atomic E-state index is 5.29. The molecule has 0 amide bonds. The second-order valence-electron chi connectivity index (χ2n) is 12.6. The molecule has 4 heteroatoms. The van der Waals surface area contributed by atoms with Gasteiger partial charge in [0.25, 0.3) is 0 Å². The van der Waals surface area contributed by atoms with Crippen LogP contribution >= 0.6 is 0 Å². The van der Waals surface area contributed by atoms with E-state index in [9.17, 15) is 0 Å². The van der Waals surface area contributed by atoms with E-state index in [4.69, 9.17) is 19.9 Å². The predicted molar refractivity (Wildman–Crippen MR) is 207 cm³/mol. The van der Waals surface area contributed by atoms with Gasteiger partial charge < -0.3 is 0 Å². The minimum Gasteiger partial charge on any atom is -0.246 e. The lowest BCUT2D eigenvalue weighted by Gasteiger charge is -2.13. The molecule has 0 saturated heterocycles. The first-order chi connectivity index (χ1) is 24.8. The first-order valence-electron chi connectivity index (χ1n) is 16.8. The van der Waals surface area contributed by atoms with Crippen molar-refractivity contribution in [3.63, 3.8) is 0 Å². The highest BCUT2D eigenvalue weighted by Crippen LogP contribution is 2.37. The number of benzene rings is 6. The van der Waals surface area contributed by atoms with Crippen LogP contribution in [0.5, 0.6) is 0 Å². The Morgan fingerprint density at radius 1 is 0.300 bits per heavy atom. The monoisotopic (exact) mass is 636 g/mol. The summed E-state index contributed by atoms with van der Waals surface area (Å²) in [7, 11) is 0. The summed E-state index contributed by atoms with van der Waals surface area (Å²) in [6, 6.07) is 59.0. The molecule has 0 unspecified atom stereocenters. The number of fused-ring (bicyclic) bond motifs is 7. The average Bonchev–Trinajstić information content (AvgIpc) is 3.20. The van der Waals surface area contributed by atoms with E-state index >= 15 is 0 Å². The van der Waals surface area contributed by atoms with E-state index < -0.39 is 0 Å². The molecular formula is C46H28N4. The van der Waals surface area contributed by atoms with Gasteiger partial charge in [0, 0.05) is 38.2 Å². The smallest absolute Gasteiger partial charge is 0.0972 e. The van der Waals surface area contributed by atoms with E-state index in [1.54, 1.807) is 0 Å². The summed E-state index contributed by atoms with van der Waals surface area (Å²) in [6.07, 6.45) is 0. The van der Waals surface area contributed by atoms with Crippen molar-refractivity contribution in [1.29, 1.82) is 0 Å². The van der Waals surface area contributed by atoms with Gasteiger partial charge in [0.2, 0.25) is 0 Å². The quantitative estimate of drug-likeness (QED) is 0.180. The Hall–Kier alpha value is -6.78. The lowest BCUT2D eigenvalue weighted by atomic mass is 9.96. The number of para-hydroxylation sites is 1. The molecule has 0 bridgehead atoms. The normalized spacial score (nSPS) is 11.6. The number of rotatable bonds is 4. The van der Waals surface area contributed by atoms with Gasteiger partial charge in [-0.15, -0.1) is 0 Å². The fourth-order valence-electron chi connectivity index (χ4n) is 7.18. The van der Waals surface area contributed by atoms with Crippen LogP contribution in [0.15, 0.2) is 170 Å². The first-order valence-corrected chi connectivity index (χ1v) is 16.8. The maximum Gasteiger partial charge on any atom is 0.0972 e. The van der Waals surface area contributed by atoms with E-state index in [1.807, 2.05) is 24.3 Å². The van der Waals surface area contributed by atoms with E-state index in [2.05, 4.69) is 146 Å². The van der Waals surface area contributed by atoms with Crippen molar-refractivity contribution in [1.82, 2.24) is 19.9 Å². The summed E-state index contributed by atoms with van der Waals surface area (Å²) >= 11 is 0. The van der Waals surface area contributed by atoms with Gasteiger partial charge in [0.05, 0.1) is 45.0 Å². The van der Waals surface area contributed by atoms with Crippen molar-refractivity contribution in [2.45, 2.75) is 0 Å². The number of aromatic nitrogens is 4. The summed E-state index contributed by atoms with van der Waals surface area (Å²) in [5.41, 5.74) is 10.4. The summed E-state index contributed by atoms with van der Waals surface area (Å²) in [4.78, 5) is 20.8. The molecule has 6 aromatic carbocycles. The fraction of sp³-hybridized carbons (Fsp3) is 0. The molecule has 10 rings (SSSR count). The predicted octanol–water partition coefficient (Wildman–Crippen LogP) is 11.7. The molecule has 0 fully saturated rings. The summed E-state index contributed by atoms with van der Waals surface area (Å²) in [6.45, 7) is 0. The number of hydrogen-bond acceptors (Lipinski definition) is 4. The van der Waals surface area contributed by atoms with E-state index in [0.717, 1.165) is 94.0 Å². The topological polar surface area (TPSA) is 51.6 Å². The van der Waals surface area contributed by atoms with Crippen LogP contribution in [0.25, 0.3) is 99.4 Å². The van der Waals surface area contributed by atoms with Crippen LogP contribution in [0, 0.1) is 0 Å². The molecule has 0 atom stereocenters. The third-order valence-corrected chi connectivity index (χ3v) is 9.62. The molecule has 4 nitrogen and oxygen atoms in total. The van der Waals surface area contributed by atoms with Crippen molar-refractivity contribution >= 4 is 54.3 Å². The highest BCUT2D eigenvalue weighted by Gasteiger charge is 2.15. The minimum absolute atomic E-state index is 0.842. The van der Waals surface area contributed by atoms with Gasteiger partial charge in [-0.1, -0.05) is 127 Å². The first kappa shape index (κ1) is 28.3. The largest absolute Gasteiger partial charge is 0.246 e. The molecule has 4 aromatic heterocycles. The molecule has 50 heavy (non-hydrogen) atoms. The van der Waals surface area contributed by atoms with Crippen LogP contribution in [0.2, 0.25) is 0 Å². The van der Waals surface area contributed by atoms with Gasteiger partial charge in [-0.05, 0) is 58.6 Å². The number of nitrogens with zero attached hydrogens (tertiary/aromatic N) is 4. The summed E-state index contributed by atoms with van der Waals surface area (Å²) in [5, 5.41) is 7.80.